The van der Waals surface area contributed by atoms with E-state index in [-0.39, 0.29) is 15.8 Å². The van der Waals surface area contributed by atoms with Crippen molar-refractivity contribution in [3.05, 3.63) is 46.7 Å². The molecule has 6 heteroatoms. The summed E-state index contributed by atoms with van der Waals surface area (Å²) in [6.07, 6.45) is 3.25. The SMILES string of the molecule is Oc1c(Cl)cc(-c2cnc3ncccc3n2)cc1Cl. The molecule has 0 saturated heterocycles. The highest BCUT2D eigenvalue weighted by molar-refractivity contribution is 6.37. The lowest BCUT2D eigenvalue weighted by Gasteiger charge is -2.05. The van der Waals surface area contributed by atoms with Gasteiger partial charge in [-0.25, -0.2) is 15.0 Å². The van der Waals surface area contributed by atoms with Crippen LogP contribution in [0, 0.1) is 0 Å². The third-order valence-electron chi connectivity index (χ3n) is 2.63. The first-order valence-corrected chi connectivity index (χ1v) is 6.17. The first-order valence-electron chi connectivity index (χ1n) is 5.41. The fourth-order valence-electron chi connectivity index (χ4n) is 1.71. The lowest BCUT2D eigenvalue weighted by atomic mass is 10.1. The summed E-state index contributed by atoms with van der Waals surface area (Å²) < 4.78 is 0. The lowest BCUT2D eigenvalue weighted by Crippen LogP contribution is -1.90. The van der Waals surface area contributed by atoms with Crippen LogP contribution in [0.2, 0.25) is 10.0 Å². The van der Waals surface area contributed by atoms with Gasteiger partial charge in [-0.05, 0) is 24.3 Å². The second-order valence-electron chi connectivity index (χ2n) is 3.89. The third-order valence-corrected chi connectivity index (χ3v) is 3.20. The maximum atomic E-state index is 9.54. The van der Waals surface area contributed by atoms with Crippen molar-refractivity contribution in [3.8, 4) is 17.0 Å². The molecular weight excluding hydrogens is 285 g/mol. The van der Waals surface area contributed by atoms with Crippen LogP contribution >= 0.6 is 23.2 Å². The maximum Gasteiger partial charge on any atom is 0.178 e. The van der Waals surface area contributed by atoms with Gasteiger partial charge in [0.2, 0.25) is 0 Å². The van der Waals surface area contributed by atoms with Crippen molar-refractivity contribution in [1.82, 2.24) is 15.0 Å². The molecule has 2 heterocycles. The van der Waals surface area contributed by atoms with E-state index in [1.807, 2.05) is 6.07 Å². The van der Waals surface area contributed by atoms with Gasteiger partial charge in [-0.15, -0.1) is 0 Å². The molecule has 0 aliphatic heterocycles. The molecule has 0 radical (unpaired) electrons. The predicted molar refractivity (Wildman–Crippen MR) is 74.5 cm³/mol. The minimum absolute atomic E-state index is 0.137. The van der Waals surface area contributed by atoms with Gasteiger partial charge in [-0.3, -0.25) is 0 Å². The molecule has 94 valence electrons. The topological polar surface area (TPSA) is 58.9 Å². The van der Waals surface area contributed by atoms with Crippen LogP contribution in [0.3, 0.4) is 0 Å². The van der Waals surface area contributed by atoms with Crippen LogP contribution in [-0.2, 0) is 0 Å². The van der Waals surface area contributed by atoms with Crippen LogP contribution in [0.15, 0.2) is 36.7 Å². The molecule has 0 spiro atoms. The van der Waals surface area contributed by atoms with Gasteiger partial charge >= 0.3 is 0 Å². The molecule has 0 amide bonds. The third kappa shape index (κ3) is 2.20. The number of fused-ring (bicyclic) bond motifs is 1. The van der Waals surface area contributed by atoms with Crippen molar-refractivity contribution in [1.29, 1.82) is 0 Å². The quantitative estimate of drug-likeness (QED) is 0.743. The number of halogens is 2. The Bertz CT molecular complexity index is 754. The van der Waals surface area contributed by atoms with Crippen molar-refractivity contribution in [2.75, 3.05) is 0 Å². The van der Waals surface area contributed by atoms with E-state index in [0.717, 1.165) is 0 Å². The van der Waals surface area contributed by atoms with E-state index in [9.17, 15) is 5.11 Å². The minimum Gasteiger partial charge on any atom is -0.505 e. The van der Waals surface area contributed by atoms with Crippen molar-refractivity contribution < 1.29 is 5.11 Å². The number of aromatic nitrogens is 3. The van der Waals surface area contributed by atoms with Gasteiger partial charge < -0.3 is 5.11 Å². The van der Waals surface area contributed by atoms with Crippen LogP contribution in [-0.4, -0.2) is 20.1 Å². The van der Waals surface area contributed by atoms with Crippen LogP contribution < -0.4 is 0 Å². The van der Waals surface area contributed by atoms with Gasteiger partial charge in [0.05, 0.1) is 21.9 Å². The van der Waals surface area contributed by atoms with Crippen molar-refractivity contribution in [3.63, 3.8) is 0 Å². The maximum absolute atomic E-state index is 9.54. The summed E-state index contributed by atoms with van der Waals surface area (Å²) in [6, 6.07) is 6.80. The molecule has 2 aromatic heterocycles. The first-order chi connectivity index (χ1) is 9.15. The van der Waals surface area contributed by atoms with E-state index >= 15 is 0 Å². The fraction of sp³-hybridized carbons (Fsp3) is 0. The Labute approximate surface area is 118 Å². The average molecular weight is 292 g/mol. The summed E-state index contributed by atoms with van der Waals surface area (Å²) in [7, 11) is 0. The summed E-state index contributed by atoms with van der Waals surface area (Å²) in [6.45, 7) is 0. The molecule has 19 heavy (non-hydrogen) atoms. The number of pyridine rings is 1. The number of aromatic hydroxyl groups is 1. The van der Waals surface area contributed by atoms with Gasteiger partial charge in [0.25, 0.3) is 0 Å². The Morgan fingerprint density at radius 1 is 1.05 bits per heavy atom. The van der Waals surface area contributed by atoms with Crippen LogP contribution in [0.5, 0.6) is 5.75 Å². The highest BCUT2D eigenvalue weighted by Crippen LogP contribution is 2.35. The zero-order valence-corrected chi connectivity index (χ0v) is 11.0. The van der Waals surface area contributed by atoms with Crippen molar-refractivity contribution in [2.45, 2.75) is 0 Å². The molecule has 0 saturated carbocycles. The first kappa shape index (κ1) is 12.1. The summed E-state index contributed by atoms with van der Waals surface area (Å²) >= 11 is 11.8. The molecule has 0 aliphatic carbocycles. The molecule has 3 aromatic rings. The Hall–Kier alpha value is -1.91. The molecule has 1 aromatic carbocycles. The highest BCUT2D eigenvalue weighted by atomic mass is 35.5. The molecule has 1 N–H and O–H groups in total. The number of hydrogen-bond acceptors (Lipinski definition) is 4. The normalized spacial score (nSPS) is 10.8. The van der Waals surface area contributed by atoms with Crippen molar-refractivity contribution >= 4 is 34.4 Å². The molecule has 4 nitrogen and oxygen atoms in total. The summed E-state index contributed by atoms with van der Waals surface area (Å²) in [5, 5.41) is 9.89. The van der Waals surface area contributed by atoms with Gasteiger partial charge in [-0.2, -0.15) is 0 Å². The highest BCUT2D eigenvalue weighted by Gasteiger charge is 2.10. The van der Waals surface area contributed by atoms with E-state index in [1.54, 1.807) is 30.6 Å². The van der Waals surface area contributed by atoms with Crippen LogP contribution in [0.4, 0.5) is 0 Å². The second-order valence-corrected chi connectivity index (χ2v) is 4.70. The van der Waals surface area contributed by atoms with Gasteiger partial charge in [0.15, 0.2) is 11.4 Å². The number of benzene rings is 1. The molecule has 0 fully saturated rings. The molecule has 3 rings (SSSR count). The minimum atomic E-state index is -0.137. The zero-order chi connectivity index (χ0) is 13.4. The Kier molecular flexibility index (Phi) is 2.97. The summed E-state index contributed by atoms with van der Waals surface area (Å²) in [4.78, 5) is 12.7. The Balaban J connectivity index is 2.19. The lowest BCUT2D eigenvalue weighted by molar-refractivity contribution is 0.476. The van der Waals surface area contributed by atoms with E-state index in [2.05, 4.69) is 15.0 Å². The summed E-state index contributed by atoms with van der Waals surface area (Å²) in [5.74, 6) is -0.137. The number of nitrogens with zero attached hydrogens (tertiary/aromatic N) is 3. The van der Waals surface area contributed by atoms with Crippen molar-refractivity contribution in [2.24, 2.45) is 0 Å². The van der Waals surface area contributed by atoms with Gasteiger partial charge in [0, 0.05) is 11.8 Å². The second kappa shape index (κ2) is 4.64. The molecular formula is C13H7Cl2N3O. The molecule has 0 unspecified atom stereocenters. The van der Waals surface area contributed by atoms with Gasteiger partial charge in [-0.1, -0.05) is 23.2 Å². The Morgan fingerprint density at radius 2 is 1.79 bits per heavy atom. The molecule has 0 bridgehead atoms. The van der Waals surface area contributed by atoms with Crippen LogP contribution in [0.1, 0.15) is 0 Å². The number of phenolic OH excluding ortho intramolecular Hbond substituents is 1. The van der Waals surface area contributed by atoms with Gasteiger partial charge in [0.1, 0.15) is 5.52 Å². The van der Waals surface area contributed by atoms with Crippen LogP contribution in [0.25, 0.3) is 22.4 Å². The largest absolute Gasteiger partial charge is 0.505 e. The number of hydrogen-bond donors (Lipinski definition) is 1. The van der Waals surface area contributed by atoms with E-state index in [0.29, 0.717) is 22.4 Å². The molecule has 0 atom stereocenters. The Morgan fingerprint density at radius 3 is 2.53 bits per heavy atom. The average Bonchev–Trinajstić information content (AvgIpc) is 2.43. The summed E-state index contributed by atoms with van der Waals surface area (Å²) in [5.41, 5.74) is 2.55. The standard InChI is InChI=1S/C13H7Cl2N3O/c14-8-4-7(5-9(15)12(8)19)11-6-17-13-10(18-11)2-1-3-16-13/h1-6,19H. The molecule has 0 aliphatic rings. The van der Waals surface area contributed by atoms with E-state index in [4.69, 9.17) is 23.2 Å². The number of phenols is 1. The monoisotopic (exact) mass is 291 g/mol. The van der Waals surface area contributed by atoms with E-state index < -0.39 is 0 Å². The van der Waals surface area contributed by atoms with E-state index in [1.165, 1.54) is 0 Å². The number of rotatable bonds is 1. The fourth-order valence-corrected chi connectivity index (χ4v) is 2.20. The predicted octanol–water partition coefficient (Wildman–Crippen LogP) is 3.70. The smallest absolute Gasteiger partial charge is 0.178 e. The zero-order valence-electron chi connectivity index (χ0n) is 9.51.